The molecule has 3 saturated heterocycles. The van der Waals surface area contributed by atoms with E-state index in [9.17, 15) is 0 Å². The lowest BCUT2D eigenvalue weighted by atomic mass is 9.74. The van der Waals surface area contributed by atoms with Crippen molar-refractivity contribution in [2.24, 2.45) is 5.41 Å². The maximum absolute atomic E-state index is 6.03. The largest absolute Gasteiger partial charge is 0.375 e. The third-order valence-corrected chi connectivity index (χ3v) is 6.17. The fourth-order valence-corrected chi connectivity index (χ4v) is 4.81. The van der Waals surface area contributed by atoms with Gasteiger partial charge < -0.3 is 14.5 Å². The Morgan fingerprint density at radius 2 is 1.62 bits per heavy atom. The number of hydrogen-bond donors (Lipinski definition) is 0. The summed E-state index contributed by atoms with van der Waals surface area (Å²) in [5.41, 5.74) is 0.614. The molecule has 3 heteroatoms. The standard InChI is InChI=1S/C18H34N2O/c1-15(2)19-9-5-16(6-10-19)20-11-7-18(8-12-20)13-17(3,4)21-14-18/h15-16H,5-14H2,1-4H3. The normalized spacial score (nSPS) is 31.3. The molecular weight excluding hydrogens is 260 g/mol. The first-order chi connectivity index (χ1) is 9.89. The van der Waals surface area contributed by atoms with E-state index >= 15 is 0 Å². The number of nitrogens with zero attached hydrogens (tertiary/aromatic N) is 2. The van der Waals surface area contributed by atoms with Crippen LogP contribution in [0.4, 0.5) is 0 Å². The molecule has 0 atom stereocenters. The van der Waals surface area contributed by atoms with Gasteiger partial charge in [0.25, 0.3) is 0 Å². The predicted octanol–water partition coefficient (Wildman–Crippen LogP) is 3.14. The van der Waals surface area contributed by atoms with Crippen LogP contribution in [0, 0.1) is 5.41 Å². The van der Waals surface area contributed by atoms with Crippen molar-refractivity contribution in [1.29, 1.82) is 0 Å². The van der Waals surface area contributed by atoms with Crippen molar-refractivity contribution in [1.82, 2.24) is 9.80 Å². The van der Waals surface area contributed by atoms with Gasteiger partial charge in [-0.15, -0.1) is 0 Å². The van der Waals surface area contributed by atoms with E-state index in [1.54, 1.807) is 0 Å². The molecule has 0 saturated carbocycles. The molecule has 3 nitrogen and oxygen atoms in total. The van der Waals surface area contributed by atoms with Gasteiger partial charge in [-0.3, -0.25) is 0 Å². The summed E-state index contributed by atoms with van der Waals surface area (Å²) in [5.74, 6) is 0. The monoisotopic (exact) mass is 294 g/mol. The van der Waals surface area contributed by atoms with E-state index < -0.39 is 0 Å². The molecule has 3 fully saturated rings. The first-order valence-corrected chi connectivity index (χ1v) is 9.01. The molecular formula is C18H34N2O. The molecule has 0 bridgehead atoms. The quantitative estimate of drug-likeness (QED) is 0.778. The zero-order valence-electron chi connectivity index (χ0n) is 14.5. The number of piperidine rings is 2. The fraction of sp³-hybridized carbons (Fsp3) is 1.00. The minimum atomic E-state index is 0.116. The number of rotatable bonds is 2. The minimum absolute atomic E-state index is 0.116. The smallest absolute Gasteiger partial charge is 0.0633 e. The topological polar surface area (TPSA) is 15.7 Å². The summed E-state index contributed by atoms with van der Waals surface area (Å²) >= 11 is 0. The molecule has 122 valence electrons. The van der Waals surface area contributed by atoms with Gasteiger partial charge >= 0.3 is 0 Å². The van der Waals surface area contributed by atoms with E-state index in [-0.39, 0.29) is 5.60 Å². The minimum Gasteiger partial charge on any atom is -0.375 e. The zero-order chi connectivity index (χ0) is 15.1. The molecule has 0 radical (unpaired) electrons. The summed E-state index contributed by atoms with van der Waals surface area (Å²) in [4.78, 5) is 5.42. The van der Waals surface area contributed by atoms with Crippen molar-refractivity contribution < 1.29 is 4.74 Å². The summed E-state index contributed by atoms with van der Waals surface area (Å²) in [7, 11) is 0. The van der Waals surface area contributed by atoms with Crippen molar-refractivity contribution in [2.45, 2.75) is 77.5 Å². The first kappa shape index (κ1) is 15.8. The van der Waals surface area contributed by atoms with E-state index in [0.717, 1.165) is 12.6 Å². The SMILES string of the molecule is CC(C)N1CCC(N2CCC3(CC2)COC(C)(C)C3)CC1. The Balaban J connectivity index is 1.49. The van der Waals surface area contributed by atoms with Crippen LogP contribution in [0.15, 0.2) is 0 Å². The van der Waals surface area contributed by atoms with Crippen molar-refractivity contribution in [3.05, 3.63) is 0 Å². The molecule has 21 heavy (non-hydrogen) atoms. The molecule has 0 aliphatic carbocycles. The average molecular weight is 294 g/mol. The van der Waals surface area contributed by atoms with E-state index in [4.69, 9.17) is 4.74 Å². The molecule has 3 rings (SSSR count). The molecule has 0 unspecified atom stereocenters. The van der Waals surface area contributed by atoms with Crippen LogP contribution in [0.2, 0.25) is 0 Å². The van der Waals surface area contributed by atoms with Crippen LogP contribution in [0.1, 0.15) is 59.8 Å². The molecule has 3 heterocycles. The lowest BCUT2D eigenvalue weighted by Gasteiger charge is -2.45. The van der Waals surface area contributed by atoms with E-state index in [1.807, 2.05) is 0 Å². The lowest BCUT2D eigenvalue weighted by molar-refractivity contribution is 0.0148. The van der Waals surface area contributed by atoms with Gasteiger partial charge in [-0.1, -0.05) is 0 Å². The summed E-state index contributed by atoms with van der Waals surface area (Å²) in [6, 6.07) is 1.56. The van der Waals surface area contributed by atoms with Gasteiger partial charge in [-0.05, 0) is 91.4 Å². The van der Waals surface area contributed by atoms with Crippen LogP contribution in [-0.4, -0.2) is 60.3 Å². The van der Waals surface area contributed by atoms with E-state index in [0.29, 0.717) is 11.5 Å². The van der Waals surface area contributed by atoms with Crippen LogP contribution in [0.3, 0.4) is 0 Å². The van der Waals surface area contributed by atoms with Gasteiger partial charge in [-0.2, -0.15) is 0 Å². The Kier molecular flexibility index (Phi) is 4.37. The summed E-state index contributed by atoms with van der Waals surface area (Å²) < 4.78 is 6.03. The third kappa shape index (κ3) is 3.46. The molecule has 3 aliphatic heterocycles. The average Bonchev–Trinajstić information content (AvgIpc) is 2.75. The van der Waals surface area contributed by atoms with E-state index in [2.05, 4.69) is 37.5 Å². The van der Waals surface area contributed by atoms with Crippen LogP contribution in [-0.2, 0) is 4.74 Å². The predicted molar refractivity (Wildman–Crippen MR) is 87.6 cm³/mol. The summed E-state index contributed by atoms with van der Waals surface area (Å²) in [6.45, 7) is 15.3. The van der Waals surface area contributed by atoms with Gasteiger partial charge in [0.15, 0.2) is 0 Å². The van der Waals surface area contributed by atoms with Crippen molar-refractivity contribution in [2.75, 3.05) is 32.8 Å². The van der Waals surface area contributed by atoms with Crippen molar-refractivity contribution in [3.8, 4) is 0 Å². The molecule has 0 aromatic carbocycles. The Morgan fingerprint density at radius 3 is 2.10 bits per heavy atom. The van der Waals surface area contributed by atoms with Crippen LogP contribution >= 0.6 is 0 Å². The Labute approximate surface area is 131 Å². The molecule has 0 amide bonds. The number of likely N-dealkylation sites (tertiary alicyclic amines) is 2. The highest BCUT2D eigenvalue weighted by Crippen LogP contribution is 2.46. The fourth-order valence-electron chi connectivity index (χ4n) is 4.81. The molecule has 3 aliphatic rings. The second-order valence-corrected chi connectivity index (χ2v) is 8.62. The van der Waals surface area contributed by atoms with Gasteiger partial charge in [0.2, 0.25) is 0 Å². The lowest BCUT2D eigenvalue weighted by Crippen LogP contribution is -2.50. The molecule has 0 aromatic heterocycles. The maximum Gasteiger partial charge on any atom is 0.0633 e. The molecule has 0 aromatic rings. The Bertz CT molecular complexity index is 350. The molecule has 0 N–H and O–H groups in total. The summed E-state index contributed by atoms with van der Waals surface area (Å²) in [6.07, 6.45) is 6.70. The van der Waals surface area contributed by atoms with Gasteiger partial charge in [-0.25, -0.2) is 0 Å². The van der Waals surface area contributed by atoms with Crippen molar-refractivity contribution in [3.63, 3.8) is 0 Å². The third-order valence-electron chi connectivity index (χ3n) is 6.17. The second-order valence-electron chi connectivity index (χ2n) is 8.62. The Hall–Kier alpha value is -0.120. The number of hydrogen-bond acceptors (Lipinski definition) is 3. The maximum atomic E-state index is 6.03. The second kappa shape index (κ2) is 5.82. The first-order valence-electron chi connectivity index (χ1n) is 9.01. The van der Waals surface area contributed by atoms with Gasteiger partial charge in [0.05, 0.1) is 12.2 Å². The van der Waals surface area contributed by atoms with Crippen molar-refractivity contribution >= 4 is 0 Å². The van der Waals surface area contributed by atoms with Crippen LogP contribution in [0.5, 0.6) is 0 Å². The summed E-state index contributed by atoms with van der Waals surface area (Å²) in [5, 5.41) is 0. The molecule has 1 spiro atoms. The van der Waals surface area contributed by atoms with Gasteiger partial charge in [0, 0.05) is 12.1 Å². The highest BCUT2D eigenvalue weighted by Gasteiger charge is 2.46. The van der Waals surface area contributed by atoms with Gasteiger partial charge in [0.1, 0.15) is 0 Å². The van der Waals surface area contributed by atoms with E-state index in [1.165, 1.54) is 58.3 Å². The highest BCUT2D eigenvalue weighted by molar-refractivity contribution is 4.97. The highest BCUT2D eigenvalue weighted by atomic mass is 16.5. The van der Waals surface area contributed by atoms with Crippen LogP contribution < -0.4 is 0 Å². The van der Waals surface area contributed by atoms with Crippen LogP contribution in [0.25, 0.3) is 0 Å². The number of ether oxygens (including phenoxy) is 1. The zero-order valence-corrected chi connectivity index (χ0v) is 14.5. The Morgan fingerprint density at radius 1 is 1.00 bits per heavy atom.